The minimum Gasteiger partial charge on any atom is -0.479 e. The first kappa shape index (κ1) is 13.6. The van der Waals surface area contributed by atoms with Gasteiger partial charge in [0.25, 0.3) is 0 Å². The summed E-state index contributed by atoms with van der Waals surface area (Å²) in [6.07, 6.45) is 0.421. The molecule has 4 nitrogen and oxygen atoms in total. The van der Waals surface area contributed by atoms with Crippen LogP contribution in [0.2, 0.25) is 0 Å². The smallest absolute Gasteiger partial charge is 0.334 e. The van der Waals surface area contributed by atoms with Crippen molar-refractivity contribution in [1.29, 1.82) is 0 Å². The summed E-state index contributed by atoms with van der Waals surface area (Å²) in [5, 5.41) is 9.27. The van der Waals surface area contributed by atoms with E-state index in [4.69, 9.17) is 0 Å². The van der Waals surface area contributed by atoms with Crippen LogP contribution in [-0.4, -0.2) is 29.4 Å². The van der Waals surface area contributed by atoms with Crippen LogP contribution in [0.25, 0.3) is 0 Å². The summed E-state index contributed by atoms with van der Waals surface area (Å²) in [5.41, 5.74) is -1.24. The summed E-state index contributed by atoms with van der Waals surface area (Å²) in [6, 6.07) is 3.66. The largest absolute Gasteiger partial charge is 0.479 e. The highest BCUT2D eigenvalue weighted by molar-refractivity contribution is 9.10. The molecule has 0 radical (unpaired) electrons. The Hall–Kier alpha value is -1.43. The van der Waals surface area contributed by atoms with Crippen LogP contribution in [0.4, 0.5) is 4.39 Å². The van der Waals surface area contributed by atoms with E-state index in [-0.39, 0.29) is 0 Å². The van der Waals surface area contributed by atoms with Gasteiger partial charge in [-0.05, 0) is 19.1 Å². The Labute approximate surface area is 106 Å². The van der Waals surface area contributed by atoms with E-state index >= 15 is 0 Å². The lowest BCUT2D eigenvalue weighted by molar-refractivity contribution is -0.153. The molecule has 1 rings (SSSR count). The van der Waals surface area contributed by atoms with Gasteiger partial charge in [0.05, 0.1) is 0 Å². The molecular weight excluding hydrogens is 293 g/mol. The number of nitrogens with zero attached hydrogens (tertiary/aromatic N) is 1. The van der Waals surface area contributed by atoms with Gasteiger partial charge in [-0.1, -0.05) is 22.0 Å². The number of carboxylic acid groups (broad SMARTS) is 1. The molecule has 0 fully saturated rings. The number of aliphatic carboxylic acids is 1. The predicted molar refractivity (Wildman–Crippen MR) is 62.9 cm³/mol. The number of hydrogen-bond donors (Lipinski definition) is 1. The second-order valence-corrected chi connectivity index (χ2v) is 4.57. The molecule has 17 heavy (non-hydrogen) atoms. The third-order valence-corrected chi connectivity index (χ3v) is 3.39. The monoisotopic (exact) mass is 303 g/mol. The first-order chi connectivity index (χ1) is 7.83. The third kappa shape index (κ3) is 2.31. The molecular formula is C11H11BrFNO3. The molecule has 1 atom stereocenters. The van der Waals surface area contributed by atoms with Crippen molar-refractivity contribution in [3.63, 3.8) is 0 Å². The standard InChI is InChI=1S/C11H11BrFNO3/c1-11(10(16)17,14(2)6-15)8-4-3-7(13)5-9(8)12/h3-6H,1-2H3,(H,16,17). The van der Waals surface area contributed by atoms with Crippen molar-refractivity contribution < 1.29 is 19.1 Å². The molecule has 0 aromatic heterocycles. The molecule has 0 bridgehead atoms. The minimum atomic E-state index is -1.55. The van der Waals surface area contributed by atoms with E-state index in [0.717, 1.165) is 17.0 Å². The maximum absolute atomic E-state index is 13.0. The van der Waals surface area contributed by atoms with Gasteiger partial charge >= 0.3 is 5.97 Å². The average molecular weight is 304 g/mol. The third-order valence-electron chi connectivity index (χ3n) is 2.74. The predicted octanol–water partition coefficient (Wildman–Crippen LogP) is 1.98. The second kappa shape index (κ2) is 4.83. The van der Waals surface area contributed by atoms with Crippen molar-refractivity contribution in [2.75, 3.05) is 7.05 Å². The van der Waals surface area contributed by atoms with Crippen molar-refractivity contribution >= 4 is 28.3 Å². The molecule has 1 amide bonds. The van der Waals surface area contributed by atoms with Crippen LogP contribution in [0.15, 0.2) is 22.7 Å². The zero-order valence-electron chi connectivity index (χ0n) is 9.28. The van der Waals surface area contributed by atoms with E-state index < -0.39 is 17.3 Å². The molecule has 1 unspecified atom stereocenters. The number of carboxylic acids is 1. The summed E-state index contributed by atoms with van der Waals surface area (Å²) in [5.74, 6) is -1.68. The fraction of sp³-hybridized carbons (Fsp3) is 0.273. The summed E-state index contributed by atoms with van der Waals surface area (Å²) >= 11 is 3.10. The van der Waals surface area contributed by atoms with Gasteiger partial charge in [0, 0.05) is 17.1 Å². The Morgan fingerprint density at radius 1 is 1.59 bits per heavy atom. The van der Waals surface area contributed by atoms with Crippen molar-refractivity contribution in [3.05, 3.63) is 34.1 Å². The van der Waals surface area contributed by atoms with Crippen molar-refractivity contribution in [1.82, 2.24) is 4.90 Å². The number of likely N-dealkylation sites (N-methyl/N-ethyl adjacent to an activating group) is 1. The summed E-state index contributed by atoms with van der Waals surface area (Å²) in [4.78, 5) is 23.1. The maximum atomic E-state index is 13.0. The number of hydrogen-bond acceptors (Lipinski definition) is 2. The topological polar surface area (TPSA) is 57.6 Å². The highest BCUT2D eigenvalue weighted by Crippen LogP contribution is 2.33. The van der Waals surface area contributed by atoms with Gasteiger partial charge in [-0.2, -0.15) is 0 Å². The fourth-order valence-corrected chi connectivity index (χ4v) is 2.18. The minimum absolute atomic E-state index is 0.302. The molecule has 0 saturated carbocycles. The van der Waals surface area contributed by atoms with Crippen LogP contribution in [0.5, 0.6) is 0 Å². The van der Waals surface area contributed by atoms with Crippen LogP contribution in [0, 0.1) is 5.82 Å². The summed E-state index contributed by atoms with van der Waals surface area (Å²) < 4.78 is 13.3. The van der Waals surface area contributed by atoms with E-state index in [1.54, 1.807) is 0 Å². The normalized spacial score (nSPS) is 13.9. The molecule has 1 aromatic rings. The molecule has 6 heteroatoms. The molecule has 0 heterocycles. The molecule has 1 aromatic carbocycles. The zero-order chi connectivity index (χ0) is 13.2. The van der Waals surface area contributed by atoms with Gasteiger partial charge < -0.3 is 10.0 Å². The van der Waals surface area contributed by atoms with E-state index in [1.807, 2.05) is 0 Å². The van der Waals surface area contributed by atoms with Gasteiger partial charge in [0.1, 0.15) is 5.82 Å². The van der Waals surface area contributed by atoms with Gasteiger partial charge in [-0.25, -0.2) is 9.18 Å². The number of carbonyl (C=O) groups excluding carboxylic acids is 1. The van der Waals surface area contributed by atoms with Crippen LogP contribution in [0.1, 0.15) is 12.5 Å². The Morgan fingerprint density at radius 3 is 2.59 bits per heavy atom. The van der Waals surface area contributed by atoms with Crippen LogP contribution in [-0.2, 0) is 15.1 Å². The highest BCUT2D eigenvalue weighted by Gasteiger charge is 2.40. The Morgan fingerprint density at radius 2 is 2.18 bits per heavy atom. The quantitative estimate of drug-likeness (QED) is 0.865. The number of amides is 1. The fourth-order valence-electron chi connectivity index (χ4n) is 1.45. The average Bonchev–Trinajstić information content (AvgIpc) is 2.26. The number of benzene rings is 1. The molecule has 92 valence electrons. The second-order valence-electron chi connectivity index (χ2n) is 3.72. The van der Waals surface area contributed by atoms with Crippen LogP contribution in [0.3, 0.4) is 0 Å². The molecule has 0 aliphatic rings. The zero-order valence-corrected chi connectivity index (χ0v) is 10.9. The maximum Gasteiger partial charge on any atom is 0.334 e. The molecule has 0 spiro atoms. The first-order valence-electron chi connectivity index (χ1n) is 4.71. The lowest BCUT2D eigenvalue weighted by Gasteiger charge is -2.33. The molecule has 0 saturated heterocycles. The van der Waals surface area contributed by atoms with Gasteiger partial charge in [0.2, 0.25) is 6.41 Å². The van der Waals surface area contributed by atoms with Crippen molar-refractivity contribution in [2.45, 2.75) is 12.5 Å². The van der Waals surface area contributed by atoms with Gasteiger partial charge in [0.15, 0.2) is 5.54 Å². The Kier molecular flexibility index (Phi) is 3.87. The number of halogens is 2. The van der Waals surface area contributed by atoms with Gasteiger partial charge in [-0.15, -0.1) is 0 Å². The highest BCUT2D eigenvalue weighted by atomic mass is 79.9. The summed E-state index contributed by atoms with van der Waals surface area (Å²) in [7, 11) is 1.36. The van der Waals surface area contributed by atoms with E-state index in [1.165, 1.54) is 20.0 Å². The summed E-state index contributed by atoms with van der Waals surface area (Å²) in [6.45, 7) is 1.38. The lowest BCUT2D eigenvalue weighted by Crippen LogP contribution is -2.47. The Balaban J connectivity index is 3.42. The molecule has 0 aliphatic carbocycles. The van der Waals surface area contributed by atoms with E-state index in [0.29, 0.717) is 16.4 Å². The number of carbonyl (C=O) groups is 2. The molecule has 0 aliphatic heterocycles. The van der Waals surface area contributed by atoms with Gasteiger partial charge in [-0.3, -0.25) is 4.79 Å². The first-order valence-corrected chi connectivity index (χ1v) is 5.50. The number of rotatable bonds is 4. The van der Waals surface area contributed by atoms with Crippen LogP contribution < -0.4 is 0 Å². The SMILES string of the molecule is CN(C=O)C(C)(C(=O)O)c1ccc(F)cc1Br. The van der Waals surface area contributed by atoms with Crippen molar-refractivity contribution in [2.24, 2.45) is 0 Å². The Bertz CT molecular complexity index is 466. The molecule has 1 N–H and O–H groups in total. The van der Waals surface area contributed by atoms with E-state index in [2.05, 4.69) is 15.9 Å². The van der Waals surface area contributed by atoms with Crippen LogP contribution >= 0.6 is 15.9 Å². The lowest BCUT2D eigenvalue weighted by atomic mass is 9.91. The van der Waals surface area contributed by atoms with Crippen molar-refractivity contribution in [3.8, 4) is 0 Å². The van der Waals surface area contributed by atoms with E-state index in [9.17, 15) is 19.1 Å².